The molecule has 4 aromatic heterocycles. The summed E-state index contributed by atoms with van der Waals surface area (Å²) in [6.07, 6.45) is 12.9. The lowest BCUT2D eigenvalue weighted by atomic mass is 9.90. The normalized spacial score (nSPS) is 12.8. The van der Waals surface area contributed by atoms with E-state index in [0.717, 1.165) is 0 Å². The van der Waals surface area contributed by atoms with Gasteiger partial charge in [0, 0.05) is 95.0 Å². The van der Waals surface area contributed by atoms with Crippen LogP contribution < -0.4 is 0 Å². The number of nitrogens with zero attached hydrogens (tertiary/aromatic N) is 12. The minimum absolute atomic E-state index is 0.0113. The number of rotatable bonds is 8. The van der Waals surface area contributed by atoms with Gasteiger partial charge in [-0.3, -0.25) is 19.9 Å². The number of hydrogen-bond donors (Lipinski definition) is 4. The second kappa shape index (κ2) is 18.4. The Kier molecular flexibility index (Phi) is 11.6. The number of pyridine rings is 4. The number of hydrogen-bond acceptors (Lipinski definition) is 16. The van der Waals surface area contributed by atoms with Gasteiger partial charge in [-0.05, 0) is 97.1 Å². The Bertz CT molecular complexity index is 2580. The molecule has 0 saturated carbocycles. The van der Waals surface area contributed by atoms with E-state index in [4.69, 9.17) is 0 Å². The van der Waals surface area contributed by atoms with Gasteiger partial charge in [-0.1, -0.05) is 0 Å². The summed E-state index contributed by atoms with van der Waals surface area (Å²) in [5, 5.41) is 83.8. The third-order valence-corrected chi connectivity index (χ3v) is 10.2. The van der Waals surface area contributed by atoms with E-state index in [1.165, 1.54) is 0 Å². The molecule has 4 aromatic carbocycles. The minimum Gasteiger partial charge on any atom is -0.507 e. The van der Waals surface area contributed by atoms with Crippen LogP contribution in [-0.2, 0) is 25.7 Å². The van der Waals surface area contributed by atoms with Crippen LogP contribution in [0.4, 0.5) is 45.5 Å². The minimum atomic E-state index is -0.0782. The molecule has 1 aliphatic carbocycles. The predicted molar refractivity (Wildman–Crippen MR) is 237 cm³/mol. The number of phenolic OH excluding ortho intramolecular Hbond substituents is 4. The molecule has 0 radical (unpaired) electrons. The lowest BCUT2D eigenvalue weighted by molar-refractivity contribution is 0.450. The van der Waals surface area contributed by atoms with Crippen molar-refractivity contribution in [3.63, 3.8) is 0 Å². The molecule has 9 rings (SSSR count). The summed E-state index contributed by atoms with van der Waals surface area (Å²) in [7, 11) is 0. The van der Waals surface area contributed by atoms with Crippen molar-refractivity contribution < 1.29 is 20.4 Å². The summed E-state index contributed by atoms with van der Waals surface area (Å²) in [5.41, 5.74) is 6.92. The van der Waals surface area contributed by atoms with Crippen molar-refractivity contribution in [3.05, 3.63) is 191 Å². The van der Waals surface area contributed by atoms with Gasteiger partial charge in [-0.2, -0.15) is 20.5 Å². The molecule has 4 heterocycles. The summed E-state index contributed by atoms with van der Waals surface area (Å²) in [6, 6.07) is 27.5. The molecule has 0 amide bonds. The van der Waals surface area contributed by atoms with E-state index >= 15 is 0 Å². The van der Waals surface area contributed by atoms with E-state index in [2.05, 4.69) is 60.8 Å². The van der Waals surface area contributed by atoms with Crippen LogP contribution in [0.2, 0.25) is 0 Å². The van der Waals surface area contributed by atoms with Crippen LogP contribution in [-0.4, -0.2) is 40.4 Å². The van der Waals surface area contributed by atoms with Crippen molar-refractivity contribution in [1.29, 1.82) is 0 Å². The lowest BCUT2D eigenvalue weighted by Crippen LogP contribution is -2.01. The first-order valence-electron chi connectivity index (χ1n) is 20.0. The third-order valence-electron chi connectivity index (χ3n) is 10.2. The van der Waals surface area contributed by atoms with Crippen LogP contribution in [0.25, 0.3) is 0 Å². The van der Waals surface area contributed by atoms with Gasteiger partial charge in [0.1, 0.15) is 45.7 Å². The predicted octanol–water partition coefficient (Wildman–Crippen LogP) is 12.4. The van der Waals surface area contributed by atoms with Crippen molar-refractivity contribution in [1.82, 2.24) is 19.9 Å². The highest BCUT2D eigenvalue weighted by Crippen LogP contribution is 2.43. The Morgan fingerprint density at radius 3 is 0.641 bits per heavy atom. The smallest absolute Gasteiger partial charge is 0.122 e. The molecule has 64 heavy (non-hydrogen) atoms. The SMILES string of the molecule is Oc1c2cc(N=Nc3cccnc3)cc1Cc1cc(N=Nc3cccnc3)cc(c1O)Cc1cc(N=Nc3cccnc3)cc(c1O)Cc1cc(N=Nc3cccnc3)cc(c1O)C2. The molecule has 0 unspecified atom stereocenters. The molecule has 0 fully saturated rings. The average Bonchev–Trinajstić information content (AvgIpc) is 3.32. The highest BCUT2D eigenvalue weighted by Gasteiger charge is 2.22. The summed E-state index contributed by atoms with van der Waals surface area (Å²) >= 11 is 0. The monoisotopic (exact) mass is 844 g/mol. The Labute approximate surface area is 365 Å². The van der Waals surface area contributed by atoms with E-state index in [1.54, 1.807) is 147 Å². The quantitative estimate of drug-likeness (QED) is 0.107. The van der Waals surface area contributed by atoms with Crippen LogP contribution in [0.15, 0.2) is 188 Å². The molecule has 312 valence electrons. The van der Waals surface area contributed by atoms with Crippen molar-refractivity contribution in [2.75, 3.05) is 0 Å². The zero-order chi connectivity index (χ0) is 43.8. The van der Waals surface area contributed by atoms with Gasteiger partial charge in [0.15, 0.2) is 0 Å². The highest BCUT2D eigenvalue weighted by molar-refractivity contribution is 5.64. The number of fused-ring (bicyclic) bond motifs is 8. The van der Waals surface area contributed by atoms with Crippen LogP contribution >= 0.6 is 0 Å². The van der Waals surface area contributed by atoms with E-state index in [9.17, 15) is 20.4 Å². The molecule has 8 bridgehead atoms. The number of aromatic nitrogens is 4. The van der Waals surface area contributed by atoms with Crippen molar-refractivity contribution in [2.45, 2.75) is 25.7 Å². The van der Waals surface area contributed by atoms with E-state index in [0.29, 0.717) is 90.0 Å². The largest absolute Gasteiger partial charge is 0.507 e. The van der Waals surface area contributed by atoms with Crippen LogP contribution in [0.1, 0.15) is 44.5 Å². The van der Waals surface area contributed by atoms with E-state index in [1.807, 2.05) is 0 Å². The summed E-state index contributed by atoms with van der Waals surface area (Å²) in [5.74, 6) is -0.313. The maximum atomic E-state index is 12.1. The van der Waals surface area contributed by atoms with Crippen LogP contribution in [0, 0.1) is 0 Å². The molecule has 16 nitrogen and oxygen atoms in total. The highest BCUT2D eigenvalue weighted by atomic mass is 16.3. The van der Waals surface area contributed by atoms with E-state index in [-0.39, 0.29) is 48.7 Å². The molecule has 0 saturated heterocycles. The van der Waals surface area contributed by atoms with Gasteiger partial charge >= 0.3 is 0 Å². The molecule has 8 aromatic rings. The third kappa shape index (κ3) is 9.50. The summed E-state index contributed by atoms with van der Waals surface area (Å²) in [6.45, 7) is 0. The maximum Gasteiger partial charge on any atom is 0.122 e. The molecule has 0 aliphatic heterocycles. The molecule has 0 atom stereocenters. The van der Waals surface area contributed by atoms with Crippen LogP contribution in [0.5, 0.6) is 23.0 Å². The van der Waals surface area contributed by atoms with Gasteiger partial charge in [-0.25, -0.2) is 0 Å². The number of azo groups is 4. The number of benzene rings is 4. The Balaban J connectivity index is 1.24. The van der Waals surface area contributed by atoms with Gasteiger partial charge in [0.25, 0.3) is 0 Å². The molecular formula is C48H36N12O4. The molecule has 0 spiro atoms. The van der Waals surface area contributed by atoms with Crippen LogP contribution in [0.3, 0.4) is 0 Å². The summed E-state index contributed by atoms with van der Waals surface area (Å²) in [4.78, 5) is 16.5. The first-order chi connectivity index (χ1) is 31.3. The second-order valence-electron chi connectivity index (χ2n) is 14.8. The lowest BCUT2D eigenvalue weighted by Gasteiger charge is -2.18. The van der Waals surface area contributed by atoms with Crippen molar-refractivity contribution >= 4 is 45.5 Å². The topological polar surface area (TPSA) is 231 Å². The fourth-order valence-corrected chi connectivity index (χ4v) is 7.21. The van der Waals surface area contributed by atoms with Crippen molar-refractivity contribution in [3.8, 4) is 23.0 Å². The zero-order valence-corrected chi connectivity index (χ0v) is 33.8. The Morgan fingerprint density at radius 1 is 0.281 bits per heavy atom. The fraction of sp³-hybridized carbons (Fsp3) is 0.0833. The molecule has 1 aliphatic rings. The summed E-state index contributed by atoms with van der Waals surface area (Å²) < 4.78 is 0. The first-order valence-corrected chi connectivity index (χ1v) is 20.0. The number of aromatic hydroxyl groups is 4. The standard InChI is InChI=1S/C48H36N12O4/c61-45-29-13-31-19-42(58-54-38-6-2-10-50-26-38)21-33(46(31)62)15-35-23-44(60-56-40-8-4-12-52-28-40)24-36(48(35)64)16-34-22-43(59-55-39-7-3-11-51-27-39)20-32(47(34)63)14-30(45)18-41(17-29)57-53-37-5-1-9-49-25-37/h1-12,17-28,61-64H,13-16H2. The van der Waals surface area contributed by atoms with Crippen molar-refractivity contribution in [2.24, 2.45) is 40.9 Å². The Morgan fingerprint density at radius 2 is 0.469 bits per heavy atom. The van der Waals surface area contributed by atoms with Gasteiger partial charge in [0.05, 0.1) is 47.5 Å². The Hall–Kier alpha value is -8.92. The van der Waals surface area contributed by atoms with Gasteiger partial charge in [-0.15, -0.1) is 20.5 Å². The van der Waals surface area contributed by atoms with Gasteiger partial charge < -0.3 is 20.4 Å². The average molecular weight is 845 g/mol. The maximum absolute atomic E-state index is 12.1. The fourth-order valence-electron chi connectivity index (χ4n) is 7.21. The molecular weight excluding hydrogens is 809 g/mol. The first kappa shape index (κ1) is 40.5. The second-order valence-corrected chi connectivity index (χ2v) is 14.8. The van der Waals surface area contributed by atoms with E-state index < -0.39 is 0 Å². The number of phenols is 4. The molecule has 16 heteroatoms. The van der Waals surface area contributed by atoms with Gasteiger partial charge in [0.2, 0.25) is 0 Å². The zero-order valence-electron chi connectivity index (χ0n) is 33.8. The molecule has 4 N–H and O–H groups in total.